The average Bonchev–Trinajstić information content (AvgIpc) is 2.86. The maximum Gasteiger partial charge on any atom is 0.377 e. The van der Waals surface area contributed by atoms with Crippen LogP contribution >= 0.6 is 0 Å². The minimum atomic E-state index is -0.596. The number of carbonyl (C=O) groups excluding carboxylic acids is 2. The lowest BCUT2D eigenvalue weighted by Crippen LogP contribution is -2.07. The SMILES string of the molecule is CCC(=CCn1cnc(C(=O)OC)n1)C(=O)OC. The van der Waals surface area contributed by atoms with Gasteiger partial charge in [0.1, 0.15) is 6.33 Å². The fraction of sp³-hybridized carbons (Fsp3) is 0.455. The Bertz CT molecular complexity index is 465. The van der Waals surface area contributed by atoms with Gasteiger partial charge in [0.05, 0.1) is 20.8 Å². The lowest BCUT2D eigenvalue weighted by Gasteiger charge is -2.01. The van der Waals surface area contributed by atoms with Crippen LogP contribution in [0.5, 0.6) is 0 Å². The van der Waals surface area contributed by atoms with Crippen LogP contribution in [0.4, 0.5) is 0 Å². The van der Waals surface area contributed by atoms with Crippen LogP contribution in [0.2, 0.25) is 0 Å². The number of hydrogen-bond acceptors (Lipinski definition) is 6. The standard InChI is InChI=1S/C11H15N3O4/c1-4-8(10(15)17-2)5-6-14-7-12-9(13-14)11(16)18-3/h5,7H,4,6H2,1-3H3. The minimum Gasteiger partial charge on any atom is -0.466 e. The summed E-state index contributed by atoms with van der Waals surface area (Å²) in [4.78, 5) is 26.2. The van der Waals surface area contributed by atoms with E-state index in [-0.39, 0.29) is 11.8 Å². The van der Waals surface area contributed by atoms with Gasteiger partial charge in [0, 0.05) is 5.57 Å². The second-order valence-corrected chi connectivity index (χ2v) is 3.36. The highest BCUT2D eigenvalue weighted by molar-refractivity contribution is 5.88. The van der Waals surface area contributed by atoms with Crippen LogP contribution < -0.4 is 0 Å². The zero-order valence-corrected chi connectivity index (χ0v) is 10.5. The van der Waals surface area contributed by atoms with Gasteiger partial charge in [-0.3, -0.25) is 0 Å². The van der Waals surface area contributed by atoms with Gasteiger partial charge in [0.2, 0.25) is 0 Å². The van der Waals surface area contributed by atoms with Crippen molar-refractivity contribution in [3.63, 3.8) is 0 Å². The van der Waals surface area contributed by atoms with Gasteiger partial charge < -0.3 is 9.47 Å². The van der Waals surface area contributed by atoms with Crippen molar-refractivity contribution in [3.05, 3.63) is 23.8 Å². The highest BCUT2D eigenvalue weighted by atomic mass is 16.5. The largest absolute Gasteiger partial charge is 0.466 e. The molecule has 98 valence electrons. The number of allylic oxidation sites excluding steroid dienone is 1. The average molecular weight is 253 g/mol. The number of ether oxygens (including phenoxy) is 2. The van der Waals surface area contributed by atoms with E-state index in [0.717, 1.165) is 0 Å². The van der Waals surface area contributed by atoms with Gasteiger partial charge in [-0.05, 0) is 6.42 Å². The van der Waals surface area contributed by atoms with Crippen molar-refractivity contribution in [2.45, 2.75) is 19.9 Å². The van der Waals surface area contributed by atoms with Gasteiger partial charge in [-0.25, -0.2) is 19.3 Å². The number of methoxy groups -OCH3 is 2. The van der Waals surface area contributed by atoms with Crippen LogP contribution in [-0.2, 0) is 20.8 Å². The molecule has 1 heterocycles. The molecular formula is C11H15N3O4. The number of aromatic nitrogens is 3. The maximum absolute atomic E-state index is 11.3. The Morgan fingerprint density at radius 2 is 2.11 bits per heavy atom. The number of rotatable bonds is 5. The Hall–Kier alpha value is -2.18. The first-order valence-electron chi connectivity index (χ1n) is 5.37. The Morgan fingerprint density at radius 3 is 2.67 bits per heavy atom. The molecule has 0 bridgehead atoms. The number of hydrogen-bond donors (Lipinski definition) is 0. The molecule has 18 heavy (non-hydrogen) atoms. The second kappa shape index (κ2) is 6.53. The quantitative estimate of drug-likeness (QED) is 0.563. The third kappa shape index (κ3) is 3.41. The van der Waals surface area contributed by atoms with E-state index in [1.165, 1.54) is 25.2 Å². The molecule has 0 saturated carbocycles. The Labute approximate surface area is 104 Å². The van der Waals surface area contributed by atoms with E-state index in [0.29, 0.717) is 18.5 Å². The molecule has 0 N–H and O–H groups in total. The summed E-state index contributed by atoms with van der Waals surface area (Å²) in [5, 5.41) is 3.91. The van der Waals surface area contributed by atoms with E-state index < -0.39 is 5.97 Å². The molecule has 0 radical (unpaired) electrons. The molecular weight excluding hydrogens is 238 g/mol. The van der Waals surface area contributed by atoms with Crippen molar-refractivity contribution in [1.82, 2.24) is 14.8 Å². The van der Waals surface area contributed by atoms with Gasteiger partial charge in [0.15, 0.2) is 0 Å². The van der Waals surface area contributed by atoms with Gasteiger partial charge in [-0.2, -0.15) is 0 Å². The van der Waals surface area contributed by atoms with E-state index in [1.807, 2.05) is 6.92 Å². The van der Waals surface area contributed by atoms with Gasteiger partial charge >= 0.3 is 11.9 Å². The highest BCUT2D eigenvalue weighted by Gasteiger charge is 2.11. The summed E-state index contributed by atoms with van der Waals surface area (Å²) in [6, 6.07) is 0. The summed E-state index contributed by atoms with van der Waals surface area (Å²) in [6.45, 7) is 2.19. The summed E-state index contributed by atoms with van der Waals surface area (Å²) in [7, 11) is 2.59. The van der Waals surface area contributed by atoms with Crippen molar-refractivity contribution < 1.29 is 19.1 Å². The third-order valence-corrected chi connectivity index (χ3v) is 2.26. The zero-order valence-electron chi connectivity index (χ0n) is 10.5. The van der Waals surface area contributed by atoms with Crippen molar-refractivity contribution in [3.8, 4) is 0 Å². The van der Waals surface area contributed by atoms with Gasteiger partial charge in [-0.15, -0.1) is 5.10 Å². The Kier molecular flexibility index (Phi) is 5.04. The van der Waals surface area contributed by atoms with Crippen molar-refractivity contribution >= 4 is 11.9 Å². The zero-order chi connectivity index (χ0) is 13.5. The Morgan fingerprint density at radius 1 is 1.39 bits per heavy atom. The van der Waals surface area contributed by atoms with Crippen LogP contribution in [0.3, 0.4) is 0 Å². The summed E-state index contributed by atoms with van der Waals surface area (Å²) in [5.74, 6) is -0.978. The fourth-order valence-electron chi connectivity index (χ4n) is 1.27. The molecule has 1 aromatic heterocycles. The number of nitrogens with zero attached hydrogens (tertiary/aromatic N) is 3. The Balaban J connectivity index is 2.73. The first-order chi connectivity index (χ1) is 8.62. The molecule has 1 aromatic rings. The molecule has 0 spiro atoms. The smallest absolute Gasteiger partial charge is 0.377 e. The first-order valence-corrected chi connectivity index (χ1v) is 5.37. The molecule has 0 aliphatic heterocycles. The molecule has 0 aliphatic carbocycles. The van der Waals surface area contributed by atoms with E-state index in [9.17, 15) is 9.59 Å². The van der Waals surface area contributed by atoms with Crippen LogP contribution in [0.25, 0.3) is 0 Å². The first kappa shape index (κ1) is 13.9. The molecule has 0 aromatic carbocycles. The second-order valence-electron chi connectivity index (χ2n) is 3.36. The minimum absolute atomic E-state index is 0.0120. The summed E-state index contributed by atoms with van der Waals surface area (Å²) in [5.41, 5.74) is 0.549. The van der Waals surface area contributed by atoms with Crippen LogP contribution in [0, 0.1) is 0 Å². The molecule has 0 atom stereocenters. The maximum atomic E-state index is 11.3. The van der Waals surface area contributed by atoms with E-state index in [4.69, 9.17) is 0 Å². The van der Waals surface area contributed by atoms with Crippen LogP contribution in [-0.4, -0.2) is 40.9 Å². The van der Waals surface area contributed by atoms with Crippen LogP contribution in [0.15, 0.2) is 18.0 Å². The highest BCUT2D eigenvalue weighted by Crippen LogP contribution is 2.04. The van der Waals surface area contributed by atoms with E-state index in [1.54, 1.807) is 6.08 Å². The van der Waals surface area contributed by atoms with Crippen LogP contribution in [0.1, 0.15) is 24.0 Å². The third-order valence-electron chi connectivity index (χ3n) is 2.26. The predicted octanol–water partition coefficient (Wildman–Crippen LogP) is 0.574. The molecule has 7 heteroatoms. The fourth-order valence-corrected chi connectivity index (χ4v) is 1.27. The molecule has 0 aliphatic rings. The van der Waals surface area contributed by atoms with E-state index in [2.05, 4.69) is 19.6 Å². The normalized spacial score (nSPS) is 11.2. The predicted molar refractivity (Wildman–Crippen MR) is 61.8 cm³/mol. The monoisotopic (exact) mass is 253 g/mol. The molecule has 7 nitrogen and oxygen atoms in total. The molecule has 1 rings (SSSR count). The summed E-state index contributed by atoms with van der Waals surface area (Å²) >= 11 is 0. The van der Waals surface area contributed by atoms with E-state index >= 15 is 0 Å². The van der Waals surface area contributed by atoms with Crippen molar-refractivity contribution in [2.75, 3.05) is 14.2 Å². The summed E-state index contributed by atoms with van der Waals surface area (Å²) in [6.07, 6.45) is 3.64. The van der Waals surface area contributed by atoms with Gasteiger partial charge in [0.25, 0.3) is 5.82 Å². The van der Waals surface area contributed by atoms with Crippen molar-refractivity contribution in [2.24, 2.45) is 0 Å². The van der Waals surface area contributed by atoms with Crippen molar-refractivity contribution in [1.29, 1.82) is 0 Å². The lowest BCUT2D eigenvalue weighted by molar-refractivity contribution is -0.136. The number of carbonyl (C=O) groups is 2. The topological polar surface area (TPSA) is 83.3 Å². The molecule has 0 unspecified atom stereocenters. The molecule has 0 amide bonds. The van der Waals surface area contributed by atoms with Gasteiger partial charge in [-0.1, -0.05) is 13.0 Å². The summed E-state index contributed by atoms with van der Waals surface area (Å²) < 4.78 is 10.5. The number of esters is 2. The molecule has 0 fully saturated rings. The lowest BCUT2D eigenvalue weighted by atomic mass is 10.2. The molecule has 0 saturated heterocycles.